The van der Waals surface area contributed by atoms with Crippen molar-refractivity contribution < 1.29 is 4.74 Å². The van der Waals surface area contributed by atoms with E-state index < -0.39 is 0 Å². The Hall–Kier alpha value is -1.72. The van der Waals surface area contributed by atoms with Crippen LogP contribution in [0.1, 0.15) is 53.4 Å². The van der Waals surface area contributed by atoms with Crippen molar-refractivity contribution in [2.45, 2.75) is 51.7 Å². The third kappa shape index (κ3) is 3.62. The highest BCUT2D eigenvalue weighted by Crippen LogP contribution is 2.34. The average Bonchev–Trinajstić information content (AvgIpc) is 3.23. The number of fused-ring (bicyclic) bond motifs is 1. The molecule has 0 aromatic carbocycles. The first-order valence-corrected chi connectivity index (χ1v) is 9.50. The minimum atomic E-state index is 0.175. The van der Waals surface area contributed by atoms with E-state index in [4.69, 9.17) is 9.72 Å². The van der Waals surface area contributed by atoms with Gasteiger partial charge in [0.25, 0.3) is 0 Å². The lowest BCUT2D eigenvalue weighted by Crippen LogP contribution is -2.25. The lowest BCUT2D eigenvalue weighted by atomic mass is 9.91. The minimum absolute atomic E-state index is 0.175. The van der Waals surface area contributed by atoms with E-state index in [0.717, 1.165) is 38.2 Å². The number of aromatic nitrogens is 3. The zero-order valence-corrected chi connectivity index (χ0v) is 15.3. The van der Waals surface area contributed by atoms with E-state index in [9.17, 15) is 0 Å². The predicted octanol–water partition coefficient (Wildman–Crippen LogP) is 2.87. The van der Waals surface area contributed by atoms with Gasteiger partial charge in [0.15, 0.2) is 0 Å². The van der Waals surface area contributed by atoms with E-state index in [1.54, 1.807) is 0 Å². The van der Waals surface area contributed by atoms with Crippen LogP contribution in [0.3, 0.4) is 0 Å². The Morgan fingerprint density at radius 2 is 2.20 bits per heavy atom. The number of nitrogens with one attached hydrogen (secondary N) is 1. The lowest BCUT2D eigenvalue weighted by Gasteiger charge is -2.21. The van der Waals surface area contributed by atoms with Crippen molar-refractivity contribution in [3.05, 3.63) is 46.5 Å². The quantitative estimate of drug-likeness (QED) is 0.909. The fourth-order valence-electron chi connectivity index (χ4n) is 4.29. The first-order chi connectivity index (χ1) is 12.2. The van der Waals surface area contributed by atoms with Crippen molar-refractivity contribution in [2.24, 2.45) is 13.0 Å². The van der Waals surface area contributed by atoms with E-state index in [2.05, 4.69) is 29.6 Å². The minimum Gasteiger partial charge on any atom is -0.373 e. The van der Waals surface area contributed by atoms with E-state index in [1.165, 1.54) is 41.6 Å². The molecular formula is C20H28N4O. The van der Waals surface area contributed by atoms with Crippen LogP contribution in [0, 0.1) is 12.8 Å². The first-order valence-electron chi connectivity index (χ1n) is 9.50. The monoisotopic (exact) mass is 340 g/mol. The predicted molar refractivity (Wildman–Crippen MR) is 97.3 cm³/mol. The Kier molecular flexibility index (Phi) is 4.86. The third-order valence-corrected chi connectivity index (χ3v) is 5.51. The van der Waals surface area contributed by atoms with E-state index in [0.29, 0.717) is 5.92 Å². The maximum atomic E-state index is 5.97. The Bertz CT molecular complexity index is 739. The fourth-order valence-corrected chi connectivity index (χ4v) is 4.29. The summed E-state index contributed by atoms with van der Waals surface area (Å²) in [6.07, 6.45) is 10.2. The van der Waals surface area contributed by atoms with Crippen LogP contribution in [0.15, 0.2) is 18.5 Å². The van der Waals surface area contributed by atoms with Crippen LogP contribution < -0.4 is 5.32 Å². The molecule has 0 saturated carbocycles. The second-order valence-corrected chi connectivity index (χ2v) is 7.47. The van der Waals surface area contributed by atoms with Crippen molar-refractivity contribution >= 4 is 0 Å². The average molecular weight is 340 g/mol. The highest BCUT2D eigenvalue weighted by molar-refractivity contribution is 5.34. The van der Waals surface area contributed by atoms with Gasteiger partial charge in [0.1, 0.15) is 0 Å². The van der Waals surface area contributed by atoms with Gasteiger partial charge in [0.2, 0.25) is 0 Å². The molecule has 0 bridgehead atoms. The Morgan fingerprint density at radius 3 is 3.04 bits per heavy atom. The second kappa shape index (κ2) is 7.26. The SMILES string of the molecule is Cc1cc(CNC[C@@H]2CCO[C@H]2c2cnn(C)c2)c2c(n1)CCCC2. The highest BCUT2D eigenvalue weighted by Gasteiger charge is 2.30. The van der Waals surface area contributed by atoms with E-state index >= 15 is 0 Å². The van der Waals surface area contributed by atoms with Gasteiger partial charge in [-0.1, -0.05) is 0 Å². The van der Waals surface area contributed by atoms with Gasteiger partial charge < -0.3 is 10.1 Å². The lowest BCUT2D eigenvalue weighted by molar-refractivity contribution is 0.0904. The molecule has 4 rings (SSSR count). The molecule has 2 aromatic heterocycles. The van der Waals surface area contributed by atoms with Gasteiger partial charge in [0, 0.05) is 55.8 Å². The maximum absolute atomic E-state index is 5.97. The Morgan fingerprint density at radius 1 is 1.32 bits per heavy atom. The maximum Gasteiger partial charge on any atom is 0.0896 e. The largest absolute Gasteiger partial charge is 0.373 e. The number of ether oxygens (including phenoxy) is 1. The summed E-state index contributed by atoms with van der Waals surface area (Å²) in [5.41, 5.74) is 6.62. The van der Waals surface area contributed by atoms with Crippen LogP contribution in [0.5, 0.6) is 0 Å². The van der Waals surface area contributed by atoms with E-state index in [1.807, 2.05) is 17.9 Å². The number of aryl methyl sites for hydroxylation is 3. The summed E-state index contributed by atoms with van der Waals surface area (Å²) in [7, 11) is 1.96. The summed E-state index contributed by atoms with van der Waals surface area (Å²) >= 11 is 0. The van der Waals surface area contributed by atoms with Crippen molar-refractivity contribution in [3.63, 3.8) is 0 Å². The number of nitrogens with zero attached hydrogens (tertiary/aromatic N) is 3. The highest BCUT2D eigenvalue weighted by atomic mass is 16.5. The smallest absolute Gasteiger partial charge is 0.0896 e. The van der Waals surface area contributed by atoms with Gasteiger partial charge in [-0.05, 0) is 56.2 Å². The summed E-state index contributed by atoms with van der Waals surface area (Å²) in [5, 5.41) is 7.98. The molecule has 0 spiro atoms. The molecule has 1 N–H and O–H groups in total. The van der Waals surface area contributed by atoms with Crippen molar-refractivity contribution in [1.82, 2.24) is 20.1 Å². The van der Waals surface area contributed by atoms with Gasteiger partial charge >= 0.3 is 0 Å². The van der Waals surface area contributed by atoms with Crippen LogP contribution in [0.25, 0.3) is 0 Å². The molecular weight excluding hydrogens is 312 g/mol. The number of pyridine rings is 1. The molecule has 1 aliphatic carbocycles. The van der Waals surface area contributed by atoms with Crippen LogP contribution in [-0.4, -0.2) is 27.9 Å². The number of rotatable bonds is 5. The first kappa shape index (κ1) is 16.7. The molecule has 3 heterocycles. The van der Waals surface area contributed by atoms with Crippen molar-refractivity contribution in [1.29, 1.82) is 0 Å². The molecule has 0 amide bonds. The molecule has 5 nitrogen and oxygen atoms in total. The van der Waals surface area contributed by atoms with Gasteiger partial charge in [-0.15, -0.1) is 0 Å². The van der Waals surface area contributed by atoms with E-state index in [-0.39, 0.29) is 6.10 Å². The number of hydrogen-bond donors (Lipinski definition) is 1. The molecule has 0 unspecified atom stereocenters. The van der Waals surface area contributed by atoms with Crippen molar-refractivity contribution in [2.75, 3.05) is 13.2 Å². The summed E-state index contributed by atoms with van der Waals surface area (Å²) in [5.74, 6) is 0.517. The van der Waals surface area contributed by atoms with Gasteiger partial charge in [-0.2, -0.15) is 5.10 Å². The molecule has 1 fully saturated rings. The molecule has 1 saturated heterocycles. The molecule has 1 aliphatic heterocycles. The normalized spacial score (nSPS) is 23.0. The number of hydrogen-bond acceptors (Lipinski definition) is 4. The summed E-state index contributed by atoms with van der Waals surface area (Å²) in [6, 6.07) is 2.26. The fraction of sp³-hybridized carbons (Fsp3) is 0.600. The van der Waals surface area contributed by atoms with Gasteiger partial charge in [-0.25, -0.2) is 0 Å². The molecule has 25 heavy (non-hydrogen) atoms. The molecule has 5 heteroatoms. The molecule has 134 valence electrons. The molecule has 2 aromatic rings. The van der Waals surface area contributed by atoms with Gasteiger partial charge in [-0.3, -0.25) is 9.67 Å². The summed E-state index contributed by atoms with van der Waals surface area (Å²) in [6.45, 7) is 4.87. The topological polar surface area (TPSA) is 52.0 Å². The van der Waals surface area contributed by atoms with Crippen LogP contribution in [0.4, 0.5) is 0 Å². The molecule has 0 radical (unpaired) electrons. The zero-order valence-electron chi connectivity index (χ0n) is 15.3. The Balaban J connectivity index is 1.40. The zero-order chi connectivity index (χ0) is 17.2. The second-order valence-electron chi connectivity index (χ2n) is 7.47. The van der Waals surface area contributed by atoms with Crippen LogP contribution in [0.2, 0.25) is 0 Å². The molecule has 2 atom stereocenters. The third-order valence-electron chi connectivity index (χ3n) is 5.51. The van der Waals surface area contributed by atoms with Crippen LogP contribution >= 0.6 is 0 Å². The van der Waals surface area contributed by atoms with Crippen molar-refractivity contribution in [3.8, 4) is 0 Å². The molecule has 2 aliphatic rings. The van der Waals surface area contributed by atoms with Gasteiger partial charge in [0.05, 0.1) is 12.3 Å². The summed E-state index contributed by atoms with van der Waals surface area (Å²) < 4.78 is 7.83. The van der Waals surface area contributed by atoms with Crippen LogP contribution in [-0.2, 0) is 31.2 Å². The Labute approximate surface area is 149 Å². The standard InChI is InChI=1S/C20H28N4O/c1-14-9-16(18-5-3-4-6-19(18)23-14)11-21-10-15-7-8-25-20(15)17-12-22-24(2)13-17/h9,12-13,15,20-21H,3-8,10-11H2,1-2H3/t15-,20+/m0/s1. The summed E-state index contributed by atoms with van der Waals surface area (Å²) in [4.78, 5) is 4.76.